The number of aryl methyl sites for hydroxylation is 1. The molecule has 0 heterocycles. The molecule has 0 spiro atoms. The molecule has 0 aliphatic rings. The van der Waals surface area contributed by atoms with Gasteiger partial charge in [0.15, 0.2) is 0 Å². The maximum Gasteiger partial charge on any atom is 0.241 e. The highest BCUT2D eigenvalue weighted by Gasteiger charge is 2.19. The number of hydrogen-bond donors (Lipinski definition) is 2. The van der Waals surface area contributed by atoms with Crippen molar-refractivity contribution in [2.75, 3.05) is 5.32 Å². The highest BCUT2D eigenvalue weighted by atomic mass is 16.2. The maximum absolute atomic E-state index is 11.9. The van der Waals surface area contributed by atoms with E-state index in [0.717, 1.165) is 12.0 Å². The quantitative estimate of drug-likeness (QED) is 0.853. The maximum atomic E-state index is 11.9. The first kappa shape index (κ1) is 14.2. The van der Waals surface area contributed by atoms with Crippen LogP contribution in [-0.2, 0) is 4.79 Å². The first-order valence-corrected chi connectivity index (χ1v) is 6.06. The molecule has 0 saturated carbocycles. The molecule has 18 heavy (non-hydrogen) atoms. The van der Waals surface area contributed by atoms with Crippen molar-refractivity contribution in [2.24, 2.45) is 11.7 Å². The number of amides is 1. The summed E-state index contributed by atoms with van der Waals surface area (Å²) in [6.07, 6.45) is 0.853. The molecule has 1 rings (SSSR count). The number of nitrogens with zero attached hydrogens (tertiary/aromatic N) is 1. The fourth-order valence-corrected chi connectivity index (χ4v) is 1.55. The second kappa shape index (κ2) is 6.18. The van der Waals surface area contributed by atoms with Gasteiger partial charge in [-0.15, -0.1) is 0 Å². The van der Waals surface area contributed by atoms with Crippen LogP contribution in [-0.4, -0.2) is 11.9 Å². The third kappa shape index (κ3) is 3.31. The highest BCUT2D eigenvalue weighted by molar-refractivity contribution is 5.95. The number of carbonyl (C=O) groups excluding carboxylic acids is 1. The second-order valence-electron chi connectivity index (χ2n) is 4.54. The van der Waals surface area contributed by atoms with Crippen molar-refractivity contribution in [1.29, 1.82) is 5.26 Å². The lowest BCUT2D eigenvalue weighted by Crippen LogP contribution is -2.40. The zero-order valence-corrected chi connectivity index (χ0v) is 11.0. The highest BCUT2D eigenvalue weighted by Crippen LogP contribution is 2.17. The van der Waals surface area contributed by atoms with Crippen molar-refractivity contribution < 1.29 is 4.79 Å². The molecule has 3 N–H and O–H groups in total. The van der Waals surface area contributed by atoms with E-state index in [1.165, 1.54) is 0 Å². The lowest BCUT2D eigenvalue weighted by molar-refractivity contribution is -0.118. The molecule has 0 bridgehead atoms. The van der Waals surface area contributed by atoms with Gasteiger partial charge in [-0.2, -0.15) is 5.26 Å². The second-order valence-corrected chi connectivity index (χ2v) is 4.54. The predicted molar refractivity (Wildman–Crippen MR) is 72.0 cm³/mol. The minimum atomic E-state index is -0.528. The van der Waals surface area contributed by atoms with Crippen LogP contribution in [0.25, 0.3) is 0 Å². The van der Waals surface area contributed by atoms with Crippen LogP contribution in [0, 0.1) is 24.2 Å². The molecular weight excluding hydrogens is 226 g/mol. The largest absolute Gasteiger partial charge is 0.324 e. The number of benzene rings is 1. The Morgan fingerprint density at radius 2 is 2.22 bits per heavy atom. The van der Waals surface area contributed by atoms with Gasteiger partial charge in [-0.25, -0.2) is 0 Å². The molecular formula is C14H19N3O. The number of nitrogens with one attached hydrogen (secondary N) is 1. The Labute approximate surface area is 108 Å². The number of carbonyl (C=O) groups is 1. The zero-order chi connectivity index (χ0) is 13.7. The first-order valence-electron chi connectivity index (χ1n) is 6.06. The number of rotatable bonds is 4. The van der Waals surface area contributed by atoms with E-state index < -0.39 is 6.04 Å². The average molecular weight is 245 g/mol. The summed E-state index contributed by atoms with van der Waals surface area (Å²) in [4.78, 5) is 11.9. The van der Waals surface area contributed by atoms with Crippen LogP contribution in [0.3, 0.4) is 0 Å². The molecule has 0 aromatic heterocycles. The van der Waals surface area contributed by atoms with Crippen LogP contribution >= 0.6 is 0 Å². The van der Waals surface area contributed by atoms with Gasteiger partial charge in [-0.05, 0) is 30.5 Å². The van der Waals surface area contributed by atoms with Crippen LogP contribution in [0.5, 0.6) is 0 Å². The topological polar surface area (TPSA) is 78.9 Å². The van der Waals surface area contributed by atoms with E-state index in [0.29, 0.717) is 11.3 Å². The van der Waals surface area contributed by atoms with Crippen molar-refractivity contribution in [3.63, 3.8) is 0 Å². The van der Waals surface area contributed by atoms with Crippen LogP contribution in [0.2, 0.25) is 0 Å². The summed E-state index contributed by atoms with van der Waals surface area (Å²) in [5.41, 5.74) is 7.95. The van der Waals surface area contributed by atoms with Crippen LogP contribution < -0.4 is 11.1 Å². The summed E-state index contributed by atoms with van der Waals surface area (Å²) in [5.74, 6) is -0.0769. The normalized spacial score (nSPS) is 13.5. The predicted octanol–water partition coefficient (Wildman–Crippen LogP) is 2.18. The van der Waals surface area contributed by atoms with Crippen LogP contribution in [0.15, 0.2) is 18.2 Å². The summed E-state index contributed by atoms with van der Waals surface area (Å²) in [5, 5.41) is 11.6. The molecule has 0 aliphatic heterocycles. The smallest absolute Gasteiger partial charge is 0.241 e. The van der Waals surface area contributed by atoms with Gasteiger partial charge in [0.1, 0.15) is 0 Å². The minimum Gasteiger partial charge on any atom is -0.324 e. The van der Waals surface area contributed by atoms with Crippen molar-refractivity contribution in [2.45, 2.75) is 33.2 Å². The summed E-state index contributed by atoms with van der Waals surface area (Å²) in [6.45, 7) is 5.83. The summed E-state index contributed by atoms with van der Waals surface area (Å²) in [7, 11) is 0. The van der Waals surface area contributed by atoms with E-state index in [1.54, 1.807) is 12.1 Å². The van der Waals surface area contributed by atoms with Crippen LogP contribution in [0.1, 0.15) is 31.4 Å². The summed E-state index contributed by atoms with van der Waals surface area (Å²) < 4.78 is 0. The van der Waals surface area contributed by atoms with Crippen molar-refractivity contribution >= 4 is 11.6 Å². The molecule has 0 saturated heterocycles. The molecule has 0 fully saturated rings. The van der Waals surface area contributed by atoms with Gasteiger partial charge in [0, 0.05) is 5.69 Å². The Bertz CT molecular complexity index is 476. The van der Waals surface area contributed by atoms with Crippen molar-refractivity contribution in [3.05, 3.63) is 29.3 Å². The first-order chi connectivity index (χ1) is 8.49. The third-order valence-electron chi connectivity index (χ3n) is 3.18. The molecule has 0 aliphatic carbocycles. The zero-order valence-electron chi connectivity index (χ0n) is 11.0. The fourth-order valence-electron chi connectivity index (χ4n) is 1.55. The molecule has 4 heteroatoms. The number of anilines is 1. The van der Waals surface area contributed by atoms with Gasteiger partial charge >= 0.3 is 0 Å². The van der Waals surface area contributed by atoms with Crippen molar-refractivity contribution in [3.8, 4) is 6.07 Å². The molecule has 1 aromatic carbocycles. The molecule has 2 unspecified atom stereocenters. The van der Waals surface area contributed by atoms with Gasteiger partial charge in [-0.3, -0.25) is 4.79 Å². The van der Waals surface area contributed by atoms with E-state index >= 15 is 0 Å². The van der Waals surface area contributed by atoms with Gasteiger partial charge in [0.25, 0.3) is 0 Å². The van der Waals surface area contributed by atoms with Gasteiger partial charge in [-0.1, -0.05) is 26.3 Å². The van der Waals surface area contributed by atoms with E-state index in [1.807, 2.05) is 32.9 Å². The molecule has 2 atom stereocenters. The molecule has 0 radical (unpaired) electrons. The number of hydrogen-bond acceptors (Lipinski definition) is 3. The Morgan fingerprint density at radius 1 is 1.56 bits per heavy atom. The van der Waals surface area contributed by atoms with E-state index in [-0.39, 0.29) is 11.8 Å². The van der Waals surface area contributed by atoms with E-state index in [9.17, 15) is 4.79 Å². The van der Waals surface area contributed by atoms with Gasteiger partial charge in [0.05, 0.1) is 17.7 Å². The molecule has 4 nitrogen and oxygen atoms in total. The molecule has 1 aromatic rings. The van der Waals surface area contributed by atoms with E-state index in [2.05, 4.69) is 5.32 Å². The molecule has 1 amide bonds. The Hall–Kier alpha value is -1.86. The molecule has 96 valence electrons. The summed E-state index contributed by atoms with van der Waals surface area (Å²) in [6, 6.07) is 6.71. The number of nitriles is 1. The van der Waals surface area contributed by atoms with Crippen LogP contribution in [0.4, 0.5) is 5.69 Å². The third-order valence-corrected chi connectivity index (χ3v) is 3.18. The SMILES string of the molecule is CCC(C)C(N)C(=O)Nc1cc(C#N)ccc1C. The van der Waals surface area contributed by atoms with E-state index in [4.69, 9.17) is 11.0 Å². The average Bonchev–Trinajstić information content (AvgIpc) is 2.39. The standard InChI is InChI=1S/C14H19N3O/c1-4-9(2)13(16)14(18)17-12-7-11(8-15)6-5-10(12)3/h5-7,9,13H,4,16H2,1-3H3,(H,17,18). The Morgan fingerprint density at radius 3 is 2.78 bits per heavy atom. The fraction of sp³-hybridized carbons (Fsp3) is 0.429. The monoisotopic (exact) mass is 245 g/mol. The Balaban J connectivity index is 2.85. The van der Waals surface area contributed by atoms with Crippen molar-refractivity contribution in [1.82, 2.24) is 0 Å². The minimum absolute atomic E-state index is 0.129. The lowest BCUT2D eigenvalue weighted by atomic mass is 9.99. The Kier molecular flexibility index (Phi) is 4.87. The summed E-state index contributed by atoms with van der Waals surface area (Å²) >= 11 is 0. The lowest BCUT2D eigenvalue weighted by Gasteiger charge is -2.18. The van der Waals surface area contributed by atoms with Gasteiger partial charge < -0.3 is 11.1 Å². The van der Waals surface area contributed by atoms with Gasteiger partial charge in [0.2, 0.25) is 5.91 Å². The number of nitrogens with two attached hydrogens (primary N) is 1.